The Labute approximate surface area is 131 Å². The average molecular weight is 299 g/mol. The molecule has 5 heteroatoms. The number of para-hydroxylation sites is 3. The van der Waals surface area contributed by atoms with Gasteiger partial charge in [0.25, 0.3) is 0 Å². The average Bonchev–Trinajstić information content (AvgIpc) is 3.19. The summed E-state index contributed by atoms with van der Waals surface area (Å²) in [5, 5.41) is 9.96. The molecule has 0 spiro atoms. The lowest BCUT2D eigenvalue weighted by Crippen LogP contribution is -1.96. The van der Waals surface area contributed by atoms with Crippen LogP contribution in [0.3, 0.4) is 0 Å². The first-order chi connectivity index (χ1) is 11.3. The number of H-pyrrole nitrogens is 1. The molecule has 0 saturated heterocycles. The van der Waals surface area contributed by atoms with Crippen molar-refractivity contribution >= 4 is 27.6 Å². The molecule has 0 bridgehead atoms. The van der Waals surface area contributed by atoms with Gasteiger partial charge in [0.1, 0.15) is 0 Å². The van der Waals surface area contributed by atoms with E-state index in [4.69, 9.17) is 0 Å². The molecule has 23 heavy (non-hydrogen) atoms. The first-order valence-electron chi connectivity index (χ1n) is 7.50. The number of benzene rings is 2. The van der Waals surface area contributed by atoms with Crippen molar-refractivity contribution in [3.8, 4) is 11.4 Å². The first-order valence-corrected chi connectivity index (χ1v) is 7.50. The van der Waals surface area contributed by atoms with Crippen LogP contribution in [-0.4, -0.2) is 24.6 Å². The van der Waals surface area contributed by atoms with Crippen LogP contribution in [0.4, 0.5) is 0 Å². The van der Waals surface area contributed by atoms with E-state index in [0.29, 0.717) is 0 Å². The second kappa shape index (κ2) is 4.39. The number of nitrogens with zero attached hydrogens (tertiary/aromatic N) is 4. The predicted octanol–water partition coefficient (Wildman–Crippen LogP) is 3.73. The Morgan fingerprint density at radius 2 is 1.78 bits per heavy atom. The number of aromatic amines is 1. The molecule has 5 nitrogen and oxygen atoms in total. The second-order valence-corrected chi connectivity index (χ2v) is 5.62. The Balaban J connectivity index is 1.96. The summed E-state index contributed by atoms with van der Waals surface area (Å²) >= 11 is 0. The minimum atomic E-state index is 0.795. The molecule has 3 aromatic heterocycles. The van der Waals surface area contributed by atoms with Gasteiger partial charge in [0.05, 0.1) is 16.7 Å². The van der Waals surface area contributed by atoms with Gasteiger partial charge in [0.15, 0.2) is 11.5 Å². The van der Waals surface area contributed by atoms with E-state index >= 15 is 0 Å². The fourth-order valence-corrected chi connectivity index (χ4v) is 3.16. The normalized spacial score (nSPS) is 11.7. The number of aryl methyl sites for hydroxylation is 1. The molecule has 0 aliphatic rings. The molecule has 5 aromatic rings. The summed E-state index contributed by atoms with van der Waals surface area (Å²) in [7, 11) is 0. The molecule has 0 atom stereocenters. The zero-order chi connectivity index (χ0) is 15.4. The minimum absolute atomic E-state index is 0.795. The highest BCUT2D eigenvalue weighted by Gasteiger charge is 2.16. The van der Waals surface area contributed by atoms with Crippen molar-refractivity contribution in [1.82, 2.24) is 24.6 Å². The van der Waals surface area contributed by atoms with Crippen molar-refractivity contribution in [3.05, 3.63) is 60.4 Å². The summed E-state index contributed by atoms with van der Waals surface area (Å²) < 4.78 is 2.09. The van der Waals surface area contributed by atoms with Gasteiger partial charge in [-0.1, -0.05) is 30.3 Å². The highest BCUT2D eigenvalue weighted by molar-refractivity contribution is 5.95. The lowest BCUT2D eigenvalue weighted by molar-refractivity contribution is 1.11. The molecule has 0 saturated carbocycles. The van der Waals surface area contributed by atoms with Gasteiger partial charge in [-0.25, -0.2) is 4.98 Å². The summed E-state index contributed by atoms with van der Waals surface area (Å²) in [5.74, 6) is 0.833. The number of fused-ring (bicyclic) bond motifs is 4. The van der Waals surface area contributed by atoms with Crippen LogP contribution >= 0.6 is 0 Å². The Kier molecular flexibility index (Phi) is 2.36. The van der Waals surface area contributed by atoms with Crippen LogP contribution in [-0.2, 0) is 0 Å². The number of rotatable bonds is 1. The Bertz CT molecular complexity index is 1180. The molecule has 1 N–H and O–H groups in total. The maximum Gasteiger partial charge on any atom is 0.183 e. The molecule has 2 aromatic carbocycles. The number of aromatic nitrogens is 5. The van der Waals surface area contributed by atoms with E-state index in [-0.39, 0.29) is 0 Å². The van der Waals surface area contributed by atoms with Crippen molar-refractivity contribution in [2.75, 3.05) is 0 Å². The highest BCUT2D eigenvalue weighted by atomic mass is 15.3. The maximum absolute atomic E-state index is 4.63. The molecule has 0 fully saturated rings. The summed E-state index contributed by atoms with van der Waals surface area (Å²) in [6.07, 6.45) is 1.99. The van der Waals surface area contributed by atoms with Gasteiger partial charge >= 0.3 is 0 Å². The fourth-order valence-electron chi connectivity index (χ4n) is 3.16. The molecule has 0 unspecified atom stereocenters. The molecule has 5 rings (SSSR count). The third-order valence-electron chi connectivity index (χ3n) is 4.23. The van der Waals surface area contributed by atoms with Gasteiger partial charge in [0, 0.05) is 22.7 Å². The van der Waals surface area contributed by atoms with Gasteiger partial charge in [-0.2, -0.15) is 0 Å². The largest absolute Gasteiger partial charge is 0.360 e. The van der Waals surface area contributed by atoms with Gasteiger partial charge in [-0.3, -0.25) is 4.40 Å². The van der Waals surface area contributed by atoms with Gasteiger partial charge in [-0.15, -0.1) is 10.2 Å². The Morgan fingerprint density at radius 1 is 0.957 bits per heavy atom. The van der Waals surface area contributed by atoms with Crippen LogP contribution in [0, 0.1) is 6.92 Å². The minimum Gasteiger partial charge on any atom is -0.360 e. The van der Waals surface area contributed by atoms with Crippen LogP contribution < -0.4 is 0 Å². The fraction of sp³-hybridized carbons (Fsp3) is 0.0556. The number of hydrogen-bond acceptors (Lipinski definition) is 3. The van der Waals surface area contributed by atoms with E-state index in [9.17, 15) is 0 Å². The molecule has 110 valence electrons. The van der Waals surface area contributed by atoms with E-state index in [0.717, 1.165) is 44.7 Å². The quantitative estimate of drug-likeness (QED) is 0.513. The van der Waals surface area contributed by atoms with Crippen LogP contribution in [0.5, 0.6) is 0 Å². The van der Waals surface area contributed by atoms with Crippen LogP contribution in [0.2, 0.25) is 0 Å². The molecule has 0 amide bonds. The molecule has 0 radical (unpaired) electrons. The molecular weight excluding hydrogens is 286 g/mol. The van der Waals surface area contributed by atoms with E-state index < -0.39 is 0 Å². The summed E-state index contributed by atoms with van der Waals surface area (Å²) in [4.78, 5) is 7.94. The SMILES string of the molecule is Cc1nc2ccccc2n2c(-c3c[nH]c4ccccc34)nnc12. The zero-order valence-corrected chi connectivity index (χ0v) is 12.5. The Hall–Kier alpha value is -3.21. The van der Waals surface area contributed by atoms with E-state index in [1.54, 1.807) is 0 Å². The molecule has 3 heterocycles. The lowest BCUT2D eigenvalue weighted by Gasteiger charge is -2.05. The van der Waals surface area contributed by atoms with E-state index in [2.05, 4.69) is 42.8 Å². The summed E-state index contributed by atoms with van der Waals surface area (Å²) in [6, 6.07) is 16.3. The van der Waals surface area contributed by atoms with Crippen LogP contribution in [0.1, 0.15) is 5.69 Å². The smallest absolute Gasteiger partial charge is 0.183 e. The second-order valence-electron chi connectivity index (χ2n) is 5.62. The Morgan fingerprint density at radius 3 is 2.74 bits per heavy atom. The number of nitrogens with one attached hydrogen (secondary N) is 1. The molecular formula is C18H13N5. The van der Waals surface area contributed by atoms with Gasteiger partial charge in [0.2, 0.25) is 0 Å². The van der Waals surface area contributed by atoms with Crippen LogP contribution in [0.25, 0.3) is 39.0 Å². The number of hydrogen-bond donors (Lipinski definition) is 1. The topological polar surface area (TPSA) is 58.9 Å². The van der Waals surface area contributed by atoms with Gasteiger partial charge in [-0.05, 0) is 25.1 Å². The van der Waals surface area contributed by atoms with Gasteiger partial charge < -0.3 is 4.98 Å². The predicted molar refractivity (Wildman–Crippen MR) is 90.3 cm³/mol. The monoisotopic (exact) mass is 299 g/mol. The summed E-state index contributed by atoms with van der Waals surface area (Å²) in [6.45, 7) is 1.97. The zero-order valence-electron chi connectivity index (χ0n) is 12.5. The van der Waals surface area contributed by atoms with Crippen molar-refractivity contribution in [2.24, 2.45) is 0 Å². The third kappa shape index (κ3) is 1.64. The standard InChI is InChI=1S/C18H13N5/c1-11-17-21-22-18(13-10-19-14-7-3-2-6-12(13)14)23(17)16-9-5-4-8-15(16)20-11/h2-10,19H,1H3. The highest BCUT2D eigenvalue weighted by Crippen LogP contribution is 2.29. The van der Waals surface area contributed by atoms with Crippen molar-refractivity contribution in [3.63, 3.8) is 0 Å². The van der Waals surface area contributed by atoms with Crippen molar-refractivity contribution in [2.45, 2.75) is 6.92 Å². The van der Waals surface area contributed by atoms with Crippen molar-refractivity contribution in [1.29, 1.82) is 0 Å². The molecule has 0 aliphatic heterocycles. The van der Waals surface area contributed by atoms with E-state index in [1.165, 1.54) is 0 Å². The first kappa shape index (κ1) is 12.3. The maximum atomic E-state index is 4.63. The van der Waals surface area contributed by atoms with E-state index in [1.807, 2.05) is 43.5 Å². The lowest BCUT2D eigenvalue weighted by atomic mass is 10.1. The van der Waals surface area contributed by atoms with Crippen LogP contribution in [0.15, 0.2) is 54.7 Å². The third-order valence-corrected chi connectivity index (χ3v) is 4.23. The summed E-state index contributed by atoms with van der Waals surface area (Å²) in [5.41, 5.74) is 5.77. The molecule has 0 aliphatic carbocycles. The van der Waals surface area contributed by atoms with Crippen molar-refractivity contribution < 1.29 is 0 Å².